The summed E-state index contributed by atoms with van der Waals surface area (Å²) in [6, 6.07) is 14.7. The number of aromatic nitrogens is 1. The maximum atomic E-state index is 13.1. The highest BCUT2D eigenvalue weighted by atomic mass is 35.5. The lowest BCUT2D eigenvalue weighted by Gasteiger charge is -2.35. The summed E-state index contributed by atoms with van der Waals surface area (Å²) in [6.07, 6.45) is 6.14. The predicted octanol–water partition coefficient (Wildman–Crippen LogP) is 6.67. The first-order valence-electron chi connectivity index (χ1n) is 11.6. The van der Waals surface area contributed by atoms with Crippen LogP contribution in [-0.4, -0.2) is 41.5 Å². The first kappa shape index (κ1) is 23.2. The summed E-state index contributed by atoms with van der Waals surface area (Å²) in [5, 5.41) is 4.93. The molecule has 32 heavy (non-hydrogen) atoms. The predicted molar refractivity (Wildman–Crippen MR) is 135 cm³/mol. The standard InChI is InChI=1S/C26H32ClN3OS/c1-3-20-7-4-5-15-30(20)16-6-14-28-26(31)24-25(32-21-11-9-19(27)10-12-21)22-13-8-18(2)17-23(22)29-24/h8-13,17,20,29H,3-7,14-16H2,1-2H3,(H,28,31)/t20-/m0/s1. The van der Waals surface area contributed by atoms with Crippen LogP contribution < -0.4 is 5.32 Å². The normalized spacial score (nSPS) is 17.0. The summed E-state index contributed by atoms with van der Waals surface area (Å²) in [6.45, 7) is 7.27. The van der Waals surface area contributed by atoms with Gasteiger partial charge in [-0.2, -0.15) is 0 Å². The Morgan fingerprint density at radius 2 is 2.03 bits per heavy atom. The minimum atomic E-state index is -0.0407. The van der Waals surface area contributed by atoms with Crippen molar-refractivity contribution in [2.75, 3.05) is 19.6 Å². The van der Waals surface area contributed by atoms with Crippen LogP contribution in [0.3, 0.4) is 0 Å². The third-order valence-electron chi connectivity index (χ3n) is 6.30. The molecule has 1 aromatic heterocycles. The van der Waals surface area contributed by atoms with Crippen LogP contribution in [0.4, 0.5) is 0 Å². The van der Waals surface area contributed by atoms with E-state index in [-0.39, 0.29) is 5.91 Å². The van der Waals surface area contributed by atoms with Gasteiger partial charge in [0.05, 0.1) is 4.90 Å². The molecule has 0 saturated carbocycles. The van der Waals surface area contributed by atoms with Gasteiger partial charge in [0, 0.05) is 40.0 Å². The number of hydrogen-bond donors (Lipinski definition) is 2. The molecule has 2 heterocycles. The van der Waals surface area contributed by atoms with Gasteiger partial charge in [-0.1, -0.05) is 48.8 Å². The van der Waals surface area contributed by atoms with Gasteiger partial charge in [0.25, 0.3) is 5.91 Å². The Hall–Kier alpha value is -1.95. The van der Waals surface area contributed by atoms with Crippen LogP contribution in [0.15, 0.2) is 52.3 Å². The maximum Gasteiger partial charge on any atom is 0.268 e. The average Bonchev–Trinajstić information content (AvgIpc) is 3.15. The van der Waals surface area contributed by atoms with Gasteiger partial charge >= 0.3 is 0 Å². The largest absolute Gasteiger partial charge is 0.351 e. The van der Waals surface area contributed by atoms with Crippen molar-refractivity contribution in [2.24, 2.45) is 0 Å². The summed E-state index contributed by atoms with van der Waals surface area (Å²) >= 11 is 7.65. The van der Waals surface area contributed by atoms with Crippen LogP contribution >= 0.6 is 23.4 Å². The van der Waals surface area contributed by atoms with Gasteiger partial charge < -0.3 is 15.2 Å². The van der Waals surface area contributed by atoms with E-state index in [0.29, 0.717) is 23.3 Å². The molecule has 3 aromatic rings. The van der Waals surface area contributed by atoms with E-state index in [1.54, 1.807) is 11.8 Å². The molecule has 4 nitrogen and oxygen atoms in total. The van der Waals surface area contributed by atoms with E-state index in [1.165, 1.54) is 37.8 Å². The zero-order valence-corrected chi connectivity index (χ0v) is 20.5. The SMILES string of the molecule is CC[C@H]1CCCCN1CCCNC(=O)c1[nH]c2cc(C)ccc2c1Sc1ccc(Cl)cc1. The quantitative estimate of drug-likeness (QED) is 0.362. The highest BCUT2D eigenvalue weighted by molar-refractivity contribution is 7.99. The number of fused-ring (bicyclic) bond motifs is 1. The Kier molecular flexibility index (Phi) is 7.82. The number of carbonyl (C=O) groups excluding carboxylic acids is 1. The molecule has 1 atom stereocenters. The van der Waals surface area contributed by atoms with Gasteiger partial charge in [-0.3, -0.25) is 4.79 Å². The second kappa shape index (κ2) is 10.8. The van der Waals surface area contributed by atoms with Crippen LogP contribution in [-0.2, 0) is 0 Å². The molecule has 0 aliphatic carbocycles. The van der Waals surface area contributed by atoms with Crippen molar-refractivity contribution in [3.63, 3.8) is 0 Å². The minimum Gasteiger partial charge on any atom is -0.351 e. The Bertz CT molecular complexity index is 1060. The van der Waals surface area contributed by atoms with Crippen LogP contribution in [0.5, 0.6) is 0 Å². The maximum absolute atomic E-state index is 13.1. The Morgan fingerprint density at radius 3 is 2.81 bits per heavy atom. The monoisotopic (exact) mass is 469 g/mol. The molecule has 1 aliphatic rings. The molecule has 6 heteroatoms. The number of hydrogen-bond acceptors (Lipinski definition) is 3. The Labute approximate surface area is 200 Å². The summed E-state index contributed by atoms with van der Waals surface area (Å²) < 4.78 is 0. The number of nitrogens with one attached hydrogen (secondary N) is 2. The van der Waals surface area contributed by atoms with E-state index in [4.69, 9.17) is 11.6 Å². The van der Waals surface area contributed by atoms with Crippen LogP contribution in [0.25, 0.3) is 10.9 Å². The van der Waals surface area contributed by atoms with Crippen LogP contribution in [0.1, 0.15) is 55.1 Å². The van der Waals surface area contributed by atoms with Crippen molar-refractivity contribution in [1.29, 1.82) is 0 Å². The summed E-state index contributed by atoms with van der Waals surface area (Å²) in [4.78, 5) is 21.1. The first-order valence-corrected chi connectivity index (χ1v) is 12.8. The first-order chi connectivity index (χ1) is 15.5. The molecule has 170 valence electrons. The molecule has 0 spiro atoms. The number of H-pyrrole nitrogens is 1. The van der Waals surface area contributed by atoms with E-state index in [0.717, 1.165) is 33.7 Å². The second-order valence-corrected chi connectivity index (χ2v) is 10.2. The third kappa shape index (κ3) is 5.51. The van der Waals surface area contributed by atoms with Gasteiger partial charge in [-0.15, -0.1) is 0 Å². The summed E-state index contributed by atoms with van der Waals surface area (Å²) in [5.74, 6) is -0.0407. The van der Waals surface area contributed by atoms with Gasteiger partial charge in [-0.25, -0.2) is 0 Å². The molecule has 1 saturated heterocycles. The van der Waals surface area contributed by atoms with E-state index >= 15 is 0 Å². The average molecular weight is 470 g/mol. The lowest BCUT2D eigenvalue weighted by Crippen LogP contribution is -2.40. The second-order valence-electron chi connectivity index (χ2n) is 8.64. The van der Waals surface area contributed by atoms with Crippen molar-refractivity contribution in [1.82, 2.24) is 15.2 Å². The molecule has 2 N–H and O–H groups in total. The summed E-state index contributed by atoms with van der Waals surface area (Å²) in [7, 11) is 0. The fourth-order valence-electron chi connectivity index (χ4n) is 4.56. The molecular weight excluding hydrogens is 438 g/mol. The molecule has 4 rings (SSSR count). The van der Waals surface area contributed by atoms with E-state index < -0.39 is 0 Å². The van der Waals surface area contributed by atoms with Crippen molar-refractivity contribution < 1.29 is 4.79 Å². The van der Waals surface area contributed by atoms with Crippen LogP contribution in [0, 0.1) is 6.92 Å². The molecule has 0 unspecified atom stereocenters. The molecule has 1 amide bonds. The number of nitrogens with zero attached hydrogens (tertiary/aromatic N) is 1. The van der Waals surface area contributed by atoms with Crippen molar-refractivity contribution in [3.8, 4) is 0 Å². The number of halogens is 1. The lowest BCUT2D eigenvalue weighted by molar-refractivity contribution is 0.0940. The minimum absolute atomic E-state index is 0.0407. The summed E-state index contributed by atoms with van der Waals surface area (Å²) in [5.41, 5.74) is 2.79. The molecule has 1 aliphatic heterocycles. The number of benzene rings is 2. The van der Waals surface area contributed by atoms with Gasteiger partial charge in [0.15, 0.2) is 0 Å². The van der Waals surface area contributed by atoms with E-state index in [1.807, 2.05) is 24.3 Å². The molecular formula is C26H32ClN3OS. The van der Waals surface area contributed by atoms with E-state index in [9.17, 15) is 4.79 Å². The van der Waals surface area contributed by atoms with Gasteiger partial charge in [0.1, 0.15) is 5.69 Å². The fourth-order valence-corrected chi connectivity index (χ4v) is 5.73. The smallest absolute Gasteiger partial charge is 0.268 e. The lowest BCUT2D eigenvalue weighted by atomic mass is 10.00. The zero-order chi connectivity index (χ0) is 22.5. The Morgan fingerprint density at radius 1 is 1.22 bits per heavy atom. The highest BCUT2D eigenvalue weighted by Gasteiger charge is 2.21. The fraction of sp³-hybridized carbons (Fsp3) is 0.423. The number of likely N-dealkylation sites (tertiary alicyclic amines) is 1. The Balaban J connectivity index is 1.46. The number of carbonyl (C=O) groups is 1. The topological polar surface area (TPSA) is 48.1 Å². The molecule has 0 radical (unpaired) electrons. The zero-order valence-electron chi connectivity index (χ0n) is 18.9. The van der Waals surface area contributed by atoms with Crippen molar-refractivity contribution >= 4 is 40.2 Å². The van der Waals surface area contributed by atoms with Gasteiger partial charge in [-0.05, 0) is 75.0 Å². The highest BCUT2D eigenvalue weighted by Crippen LogP contribution is 2.37. The van der Waals surface area contributed by atoms with Gasteiger partial charge in [0.2, 0.25) is 0 Å². The number of piperidine rings is 1. The molecule has 2 aromatic carbocycles. The van der Waals surface area contributed by atoms with Crippen molar-refractivity contribution in [2.45, 2.75) is 61.8 Å². The van der Waals surface area contributed by atoms with Crippen LogP contribution in [0.2, 0.25) is 5.02 Å². The molecule has 1 fully saturated rings. The molecule has 0 bridgehead atoms. The third-order valence-corrected chi connectivity index (χ3v) is 7.68. The van der Waals surface area contributed by atoms with Crippen molar-refractivity contribution in [3.05, 3.63) is 58.7 Å². The number of amides is 1. The number of aromatic amines is 1. The number of rotatable bonds is 8. The van der Waals surface area contributed by atoms with E-state index in [2.05, 4.69) is 47.2 Å². The number of aryl methyl sites for hydroxylation is 1.